The zero-order valence-corrected chi connectivity index (χ0v) is 15.4. The van der Waals surface area contributed by atoms with E-state index in [2.05, 4.69) is 12.2 Å². The smallest absolute Gasteiger partial charge is 0.255 e. The van der Waals surface area contributed by atoms with Gasteiger partial charge >= 0.3 is 0 Å². The Morgan fingerprint density at radius 2 is 1.96 bits per heavy atom. The topological polar surface area (TPSA) is 49.4 Å². The number of aryl methyl sites for hydroxylation is 1. The predicted molar refractivity (Wildman–Crippen MR) is 101 cm³/mol. The van der Waals surface area contributed by atoms with Crippen LogP contribution in [0.5, 0.6) is 0 Å². The summed E-state index contributed by atoms with van der Waals surface area (Å²) in [6, 6.07) is 12.3. The average Bonchev–Trinajstić information content (AvgIpc) is 3.23. The Morgan fingerprint density at radius 1 is 1.19 bits per heavy atom. The molecule has 0 aliphatic carbocycles. The number of carbonyl (C=O) groups is 2. The normalized spacial score (nSPS) is 21.3. The monoisotopic (exact) mass is 366 g/mol. The van der Waals surface area contributed by atoms with Crippen molar-refractivity contribution in [2.45, 2.75) is 51.2 Å². The highest BCUT2D eigenvalue weighted by atomic mass is 19.1. The van der Waals surface area contributed by atoms with Crippen LogP contribution >= 0.6 is 0 Å². The molecule has 2 atom stereocenters. The molecule has 0 aromatic heterocycles. The zero-order chi connectivity index (χ0) is 19.0. The van der Waals surface area contributed by atoms with Crippen molar-refractivity contribution in [2.24, 2.45) is 0 Å². The van der Waals surface area contributed by atoms with Crippen LogP contribution in [0.1, 0.15) is 58.0 Å². The lowest BCUT2D eigenvalue weighted by Gasteiger charge is -2.29. The molecule has 2 aliphatic heterocycles. The van der Waals surface area contributed by atoms with Gasteiger partial charge in [-0.2, -0.15) is 0 Å². The van der Waals surface area contributed by atoms with Crippen LogP contribution in [0.15, 0.2) is 42.5 Å². The Morgan fingerprint density at radius 3 is 2.74 bits per heavy atom. The van der Waals surface area contributed by atoms with E-state index in [-0.39, 0.29) is 29.7 Å². The maximum Gasteiger partial charge on any atom is 0.255 e. The van der Waals surface area contributed by atoms with Gasteiger partial charge in [0, 0.05) is 18.6 Å². The van der Waals surface area contributed by atoms with E-state index in [9.17, 15) is 14.0 Å². The van der Waals surface area contributed by atoms with Crippen molar-refractivity contribution in [3.05, 3.63) is 70.5 Å². The minimum Gasteiger partial charge on any atom is -0.348 e. The molecule has 2 amide bonds. The summed E-state index contributed by atoms with van der Waals surface area (Å²) in [5, 5.41) is 2.80. The van der Waals surface area contributed by atoms with Gasteiger partial charge in [0.2, 0.25) is 0 Å². The highest BCUT2D eigenvalue weighted by molar-refractivity contribution is 6.09. The SMILES string of the molecule is C[C@@H]1CC[C@H](CCc2ccc(F)cc2)N1C(=O)c1cccc2c1C(=O)NC2. The first-order chi connectivity index (χ1) is 13.0. The number of carbonyl (C=O) groups excluding carboxylic acids is 2. The van der Waals surface area contributed by atoms with Crippen molar-refractivity contribution in [3.8, 4) is 0 Å². The van der Waals surface area contributed by atoms with Crippen molar-refractivity contribution < 1.29 is 14.0 Å². The minimum atomic E-state index is -0.235. The predicted octanol–water partition coefficient (Wildman–Crippen LogP) is 3.70. The van der Waals surface area contributed by atoms with Crippen LogP contribution in [-0.2, 0) is 13.0 Å². The van der Waals surface area contributed by atoms with Gasteiger partial charge in [-0.1, -0.05) is 24.3 Å². The van der Waals surface area contributed by atoms with Crippen LogP contribution in [0.2, 0.25) is 0 Å². The molecule has 0 radical (unpaired) electrons. The van der Waals surface area contributed by atoms with E-state index in [0.29, 0.717) is 17.7 Å². The Kier molecular flexibility index (Phi) is 4.68. The van der Waals surface area contributed by atoms with E-state index in [1.54, 1.807) is 18.2 Å². The summed E-state index contributed by atoms with van der Waals surface area (Å²) in [5.74, 6) is -0.456. The summed E-state index contributed by atoms with van der Waals surface area (Å²) >= 11 is 0. The Balaban J connectivity index is 1.54. The van der Waals surface area contributed by atoms with Gasteiger partial charge in [0.25, 0.3) is 11.8 Å². The van der Waals surface area contributed by atoms with E-state index >= 15 is 0 Å². The second-order valence-electron chi connectivity index (χ2n) is 7.48. The third-order valence-electron chi connectivity index (χ3n) is 5.75. The molecule has 2 aromatic rings. The average molecular weight is 366 g/mol. The fourth-order valence-corrected chi connectivity index (χ4v) is 4.30. The molecule has 2 aliphatic rings. The summed E-state index contributed by atoms with van der Waals surface area (Å²) in [7, 11) is 0. The van der Waals surface area contributed by atoms with Gasteiger partial charge in [-0.05, 0) is 61.9 Å². The summed E-state index contributed by atoms with van der Waals surface area (Å²) in [6.45, 7) is 2.55. The first-order valence-corrected chi connectivity index (χ1v) is 9.52. The van der Waals surface area contributed by atoms with E-state index in [1.165, 1.54) is 12.1 Å². The molecule has 27 heavy (non-hydrogen) atoms. The fourth-order valence-electron chi connectivity index (χ4n) is 4.30. The molecule has 2 heterocycles. The van der Waals surface area contributed by atoms with Crippen molar-refractivity contribution >= 4 is 11.8 Å². The van der Waals surface area contributed by atoms with E-state index in [0.717, 1.165) is 36.8 Å². The maximum absolute atomic E-state index is 13.3. The van der Waals surface area contributed by atoms with Gasteiger partial charge in [-0.15, -0.1) is 0 Å². The van der Waals surface area contributed by atoms with Gasteiger partial charge in [-0.25, -0.2) is 4.39 Å². The molecule has 4 rings (SSSR count). The van der Waals surface area contributed by atoms with Crippen LogP contribution in [-0.4, -0.2) is 28.8 Å². The number of hydrogen-bond acceptors (Lipinski definition) is 2. The van der Waals surface area contributed by atoms with Crippen LogP contribution in [0, 0.1) is 5.82 Å². The van der Waals surface area contributed by atoms with Crippen LogP contribution in [0.3, 0.4) is 0 Å². The fraction of sp³-hybridized carbons (Fsp3) is 0.364. The number of benzene rings is 2. The van der Waals surface area contributed by atoms with Crippen LogP contribution in [0.25, 0.3) is 0 Å². The first-order valence-electron chi connectivity index (χ1n) is 9.52. The zero-order valence-electron chi connectivity index (χ0n) is 15.4. The number of halogens is 1. The van der Waals surface area contributed by atoms with Gasteiger partial charge in [-0.3, -0.25) is 9.59 Å². The number of nitrogens with one attached hydrogen (secondary N) is 1. The number of amides is 2. The Labute approximate surface area is 158 Å². The number of nitrogens with zero attached hydrogens (tertiary/aromatic N) is 1. The van der Waals surface area contributed by atoms with Crippen LogP contribution < -0.4 is 5.32 Å². The quantitative estimate of drug-likeness (QED) is 0.897. The van der Waals surface area contributed by atoms with Crippen molar-refractivity contribution in [1.82, 2.24) is 10.2 Å². The molecule has 5 heteroatoms. The molecule has 2 aromatic carbocycles. The molecule has 0 saturated carbocycles. The highest BCUT2D eigenvalue weighted by Gasteiger charge is 2.37. The van der Waals surface area contributed by atoms with E-state index < -0.39 is 0 Å². The molecule has 4 nitrogen and oxygen atoms in total. The highest BCUT2D eigenvalue weighted by Crippen LogP contribution is 2.31. The Hall–Kier alpha value is -2.69. The van der Waals surface area contributed by atoms with E-state index in [1.807, 2.05) is 17.0 Å². The molecule has 1 saturated heterocycles. The van der Waals surface area contributed by atoms with Gasteiger partial charge < -0.3 is 10.2 Å². The Bertz CT molecular complexity index is 878. The van der Waals surface area contributed by atoms with Crippen LogP contribution in [0.4, 0.5) is 4.39 Å². The molecule has 0 unspecified atom stereocenters. The lowest BCUT2D eigenvalue weighted by atomic mass is 10.00. The summed E-state index contributed by atoms with van der Waals surface area (Å²) in [4.78, 5) is 27.5. The van der Waals surface area contributed by atoms with Crippen molar-refractivity contribution in [1.29, 1.82) is 0 Å². The molecule has 140 valence electrons. The molecule has 1 N–H and O–H groups in total. The van der Waals surface area contributed by atoms with E-state index in [4.69, 9.17) is 0 Å². The number of rotatable bonds is 4. The second-order valence-corrected chi connectivity index (χ2v) is 7.48. The molecular weight excluding hydrogens is 343 g/mol. The summed E-state index contributed by atoms with van der Waals surface area (Å²) in [6.07, 6.45) is 3.55. The van der Waals surface area contributed by atoms with Gasteiger partial charge in [0.1, 0.15) is 5.82 Å². The van der Waals surface area contributed by atoms with Crippen molar-refractivity contribution in [3.63, 3.8) is 0 Å². The lowest BCUT2D eigenvalue weighted by molar-refractivity contribution is 0.0668. The third-order valence-corrected chi connectivity index (χ3v) is 5.75. The summed E-state index contributed by atoms with van der Waals surface area (Å²) < 4.78 is 13.1. The summed E-state index contributed by atoms with van der Waals surface area (Å²) in [5.41, 5.74) is 2.99. The van der Waals surface area contributed by atoms with Gasteiger partial charge in [0.05, 0.1) is 11.1 Å². The standard InChI is InChI=1S/C22H23FN2O2/c1-14-5-11-18(12-8-15-6-9-17(23)10-7-15)25(14)22(27)19-4-2-3-16-13-24-21(26)20(16)19/h2-4,6-7,9-10,14,18H,5,8,11-13H2,1H3,(H,24,26)/t14-,18-/m1/s1. The molecule has 1 fully saturated rings. The number of fused-ring (bicyclic) bond motifs is 1. The lowest BCUT2D eigenvalue weighted by Crippen LogP contribution is -2.41. The molecule has 0 bridgehead atoms. The minimum absolute atomic E-state index is 0.0574. The number of likely N-dealkylation sites (tertiary alicyclic amines) is 1. The number of hydrogen-bond donors (Lipinski definition) is 1. The maximum atomic E-state index is 13.3. The van der Waals surface area contributed by atoms with Crippen molar-refractivity contribution in [2.75, 3.05) is 0 Å². The third kappa shape index (κ3) is 3.34. The second kappa shape index (κ2) is 7.14. The van der Waals surface area contributed by atoms with Gasteiger partial charge in [0.15, 0.2) is 0 Å². The molecular formula is C22H23FN2O2. The molecule has 0 spiro atoms. The largest absolute Gasteiger partial charge is 0.348 e. The first kappa shape index (κ1) is 17.7.